The van der Waals surface area contributed by atoms with E-state index in [0.29, 0.717) is 0 Å². The second-order valence-electron chi connectivity index (χ2n) is 4.87. The van der Waals surface area contributed by atoms with Crippen LogP contribution in [0, 0.1) is 5.92 Å². The number of rotatable bonds is 5. The lowest BCUT2D eigenvalue weighted by atomic mass is 10.00. The smallest absolute Gasteiger partial charge is 0.0594 e. The maximum Gasteiger partial charge on any atom is 0.0594 e. The largest absolute Gasteiger partial charge is 0.379 e. The average molecular weight is 227 g/mol. The molecule has 0 bridgehead atoms. The van der Waals surface area contributed by atoms with Gasteiger partial charge in [-0.25, -0.2) is 0 Å². The maximum absolute atomic E-state index is 5.33. The molecule has 2 aliphatic heterocycles. The molecule has 1 unspecified atom stereocenters. The fraction of sp³-hybridized carbons (Fsp3) is 1.00. The van der Waals surface area contributed by atoms with Crippen molar-refractivity contribution in [2.45, 2.75) is 12.8 Å². The van der Waals surface area contributed by atoms with E-state index in [2.05, 4.69) is 15.5 Å². The molecule has 0 aromatic carbocycles. The van der Waals surface area contributed by atoms with Gasteiger partial charge in [0.1, 0.15) is 0 Å². The van der Waals surface area contributed by atoms with Crippen LogP contribution in [-0.4, -0.2) is 63.9 Å². The molecule has 2 heterocycles. The first kappa shape index (κ1) is 12.3. The summed E-state index contributed by atoms with van der Waals surface area (Å²) >= 11 is 0. The van der Waals surface area contributed by atoms with Crippen LogP contribution in [0.15, 0.2) is 0 Å². The van der Waals surface area contributed by atoms with Gasteiger partial charge >= 0.3 is 0 Å². The van der Waals surface area contributed by atoms with E-state index >= 15 is 0 Å². The van der Waals surface area contributed by atoms with Crippen molar-refractivity contribution in [2.24, 2.45) is 5.92 Å². The number of nitrogens with one attached hydrogen (secondary N) is 2. The van der Waals surface area contributed by atoms with E-state index in [1.165, 1.54) is 39.0 Å². The first-order valence-corrected chi connectivity index (χ1v) is 6.66. The summed E-state index contributed by atoms with van der Waals surface area (Å²) in [5.74, 6) is 0.846. The fourth-order valence-electron chi connectivity index (χ4n) is 2.47. The van der Waals surface area contributed by atoms with Crippen LogP contribution in [0.2, 0.25) is 0 Å². The highest BCUT2D eigenvalue weighted by Gasteiger charge is 2.13. The molecule has 2 N–H and O–H groups in total. The molecule has 0 amide bonds. The Morgan fingerprint density at radius 3 is 2.94 bits per heavy atom. The van der Waals surface area contributed by atoms with E-state index in [4.69, 9.17) is 4.74 Å². The van der Waals surface area contributed by atoms with Crippen molar-refractivity contribution in [3.63, 3.8) is 0 Å². The van der Waals surface area contributed by atoms with Gasteiger partial charge in [0, 0.05) is 26.2 Å². The third-order valence-electron chi connectivity index (χ3n) is 3.54. The fourth-order valence-corrected chi connectivity index (χ4v) is 2.47. The predicted molar refractivity (Wildman–Crippen MR) is 65.7 cm³/mol. The Labute approximate surface area is 98.7 Å². The second-order valence-corrected chi connectivity index (χ2v) is 4.87. The average Bonchev–Trinajstić information content (AvgIpc) is 2.37. The summed E-state index contributed by atoms with van der Waals surface area (Å²) in [6.45, 7) is 9.91. The topological polar surface area (TPSA) is 36.5 Å². The Balaban J connectivity index is 1.47. The lowest BCUT2D eigenvalue weighted by Gasteiger charge is -2.27. The predicted octanol–water partition coefficient (Wildman–Crippen LogP) is -0.0922. The zero-order valence-electron chi connectivity index (χ0n) is 10.2. The van der Waals surface area contributed by atoms with E-state index in [-0.39, 0.29) is 0 Å². The summed E-state index contributed by atoms with van der Waals surface area (Å²) in [7, 11) is 0. The Morgan fingerprint density at radius 1 is 1.31 bits per heavy atom. The summed E-state index contributed by atoms with van der Waals surface area (Å²) in [5.41, 5.74) is 0. The van der Waals surface area contributed by atoms with E-state index < -0.39 is 0 Å². The molecule has 0 saturated carbocycles. The van der Waals surface area contributed by atoms with Crippen LogP contribution in [0.1, 0.15) is 12.8 Å². The number of ether oxygens (including phenoxy) is 1. The van der Waals surface area contributed by atoms with Crippen molar-refractivity contribution < 1.29 is 4.74 Å². The standard InChI is InChI=1S/C12H25N3O/c1-2-12(10-13-3-1)11-14-4-5-15-6-8-16-9-7-15/h12-14H,1-11H2. The van der Waals surface area contributed by atoms with Crippen molar-refractivity contribution in [2.75, 3.05) is 59.0 Å². The highest BCUT2D eigenvalue weighted by molar-refractivity contribution is 4.71. The third-order valence-corrected chi connectivity index (χ3v) is 3.54. The number of piperidine rings is 1. The van der Waals surface area contributed by atoms with Gasteiger partial charge < -0.3 is 15.4 Å². The minimum Gasteiger partial charge on any atom is -0.379 e. The molecule has 0 aromatic rings. The molecular formula is C12H25N3O. The number of morpholine rings is 1. The highest BCUT2D eigenvalue weighted by atomic mass is 16.5. The van der Waals surface area contributed by atoms with E-state index in [0.717, 1.165) is 38.8 Å². The van der Waals surface area contributed by atoms with Crippen LogP contribution in [-0.2, 0) is 4.74 Å². The zero-order valence-corrected chi connectivity index (χ0v) is 10.2. The van der Waals surface area contributed by atoms with E-state index in [9.17, 15) is 0 Å². The molecular weight excluding hydrogens is 202 g/mol. The van der Waals surface area contributed by atoms with E-state index in [1.807, 2.05) is 0 Å². The molecule has 0 aromatic heterocycles. The third kappa shape index (κ3) is 4.37. The molecule has 4 heteroatoms. The normalized spacial score (nSPS) is 28.1. The van der Waals surface area contributed by atoms with Gasteiger partial charge in [-0.05, 0) is 38.4 Å². The molecule has 2 saturated heterocycles. The molecule has 2 fully saturated rings. The minimum atomic E-state index is 0.846. The van der Waals surface area contributed by atoms with Gasteiger partial charge in [-0.3, -0.25) is 4.90 Å². The van der Waals surface area contributed by atoms with Gasteiger partial charge in [0.05, 0.1) is 13.2 Å². The molecule has 16 heavy (non-hydrogen) atoms. The molecule has 94 valence electrons. The van der Waals surface area contributed by atoms with Crippen molar-refractivity contribution in [1.29, 1.82) is 0 Å². The number of hydrogen-bond acceptors (Lipinski definition) is 4. The van der Waals surface area contributed by atoms with Crippen molar-refractivity contribution >= 4 is 0 Å². The maximum atomic E-state index is 5.33. The van der Waals surface area contributed by atoms with Gasteiger partial charge in [-0.1, -0.05) is 0 Å². The van der Waals surface area contributed by atoms with E-state index in [1.54, 1.807) is 0 Å². The lowest BCUT2D eigenvalue weighted by molar-refractivity contribution is 0.0383. The van der Waals surface area contributed by atoms with Crippen LogP contribution in [0.5, 0.6) is 0 Å². The van der Waals surface area contributed by atoms with Crippen LogP contribution in [0.25, 0.3) is 0 Å². The van der Waals surface area contributed by atoms with Gasteiger partial charge in [0.25, 0.3) is 0 Å². The molecule has 2 aliphatic rings. The van der Waals surface area contributed by atoms with Crippen LogP contribution in [0.4, 0.5) is 0 Å². The zero-order chi connectivity index (χ0) is 11.1. The van der Waals surface area contributed by atoms with Gasteiger partial charge in [0.15, 0.2) is 0 Å². The SMILES string of the molecule is C1CNCC(CNCCN2CCOCC2)C1. The molecule has 1 atom stereocenters. The van der Waals surface area contributed by atoms with Crippen molar-refractivity contribution in [3.05, 3.63) is 0 Å². The Hall–Kier alpha value is -0.160. The number of nitrogens with zero attached hydrogens (tertiary/aromatic N) is 1. The van der Waals surface area contributed by atoms with Gasteiger partial charge in [0.2, 0.25) is 0 Å². The minimum absolute atomic E-state index is 0.846. The molecule has 0 spiro atoms. The highest BCUT2D eigenvalue weighted by Crippen LogP contribution is 2.07. The van der Waals surface area contributed by atoms with Gasteiger partial charge in [-0.15, -0.1) is 0 Å². The molecule has 0 radical (unpaired) electrons. The Morgan fingerprint density at radius 2 is 2.19 bits per heavy atom. The first-order valence-electron chi connectivity index (χ1n) is 6.66. The first-order chi connectivity index (χ1) is 7.95. The molecule has 4 nitrogen and oxygen atoms in total. The molecule has 2 rings (SSSR count). The monoisotopic (exact) mass is 227 g/mol. The Bertz CT molecular complexity index is 157. The second kappa shape index (κ2) is 7.22. The van der Waals surface area contributed by atoms with Crippen LogP contribution >= 0.6 is 0 Å². The number of hydrogen-bond donors (Lipinski definition) is 2. The summed E-state index contributed by atoms with van der Waals surface area (Å²) < 4.78 is 5.33. The summed E-state index contributed by atoms with van der Waals surface area (Å²) in [6.07, 6.45) is 2.73. The summed E-state index contributed by atoms with van der Waals surface area (Å²) in [5, 5.41) is 7.04. The quantitative estimate of drug-likeness (QED) is 0.644. The Kier molecular flexibility index (Phi) is 5.55. The van der Waals surface area contributed by atoms with Gasteiger partial charge in [-0.2, -0.15) is 0 Å². The van der Waals surface area contributed by atoms with Crippen LogP contribution in [0.3, 0.4) is 0 Å². The lowest BCUT2D eigenvalue weighted by Crippen LogP contribution is -2.42. The van der Waals surface area contributed by atoms with Crippen molar-refractivity contribution in [3.8, 4) is 0 Å². The summed E-state index contributed by atoms with van der Waals surface area (Å²) in [4.78, 5) is 2.48. The van der Waals surface area contributed by atoms with Crippen LogP contribution < -0.4 is 10.6 Å². The van der Waals surface area contributed by atoms with Crippen molar-refractivity contribution in [1.82, 2.24) is 15.5 Å². The summed E-state index contributed by atoms with van der Waals surface area (Å²) in [6, 6.07) is 0. The molecule has 0 aliphatic carbocycles.